The summed E-state index contributed by atoms with van der Waals surface area (Å²) in [6.07, 6.45) is 1.95. The maximum absolute atomic E-state index is 12.8. The highest BCUT2D eigenvalue weighted by molar-refractivity contribution is 7.89. The highest BCUT2D eigenvalue weighted by atomic mass is 32.2. The van der Waals surface area contributed by atoms with E-state index in [2.05, 4.69) is 0 Å². The zero-order valence-corrected chi connectivity index (χ0v) is 13.5. The number of ether oxygens (including phenoxy) is 1. The molecule has 21 heavy (non-hydrogen) atoms. The Hall–Kier alpha value is -0.950. The minimum Gasteiger partial charge on any atom is -0.377 e. The van der Waals surface area contributed by atoms with E-state index in [4.69, 9.17) is 10.5 Å². The average molecular weight is 312 g/mol. The SMILES string of the molecule is CCN(CC1CCCO1)S(=O)(=O)c1ccc(CN)cc1C. The predicted octanol–water partition coefficient (Wildman–Crippen LogP) is 1.64. The van der Waals surface area contributed by atoms with Gasteiger partial charge in [-0.1, -0.05) is 19.1 Å². The molecule has 1 atom stereocenters. The molecule has 1 aliphatic rings. The van der Waals surface area contributed by atoms with Crippen LogP contribution >= 0.6 is 0 Å². The Morgan fingerprint density at radius 3 is 2.71 bits per heavy atom. The van der Waals surface area contributed by atoms with E-state index in [9.17, 15) is 8.42 Å². The lowest BCUT2D eigenvalue weighted by molar-refractivity contribution is 0.0946. The molecule has 0 bridgehead atoms. The van der Waals surface area contributed by atoms with Gasteiger partial charge in [0, 0.05) is 26.2 Å². The van der Waals surface area contributed by atoms with Crippen molar-refractivity contribution in [3.05, 3.63) is 29.3 Å². The normalized spacial score (nSPS) is 19.3. The number of hydrogen-bond donors (Lipinski definition) is 1. The van der Waals surface area contributed by atoms with Crippen LogP contribution in [-0.2, 0) is 21.3 Å². The molecule has 0 radical (unpaired) electrons. The molecule has 1 aromatic rings. The predicted molar refractivity (Wildman–Crippen MR) is 82.5 cm³/mol. The quantitative estimate of drug-likeness (QED) is 0.867. The fraction of sp³-hybridized carbons (Fsp3) is 0.600. The number of nitrogens with two attached hydrogens (primary N) is 1. The van der Waals surface area contributed by atoms with E-state index in [1.807, 2.05) is 19.9 Å². The summed E-state index contributed by atoms with van der Waals surface area (Å²) in [5.74, 6) is 0. The molecule has 1 aromatic carbocycles. The molecule has 0 saturated carbocycles. The van der Waals surface area contributed by atoms with Crippen LogP contribution in [0.1, 0.15) is 30.9 Å². The van der Waals surface area contributed by atoms with Gasteiger partial charge in [-0.05, 0) is 37.0 Å². The number of sulfonamides is 1. The van der Waals surface area contributed by atoms with Crippen LogP contribution in [-0.4, -0.2) is 38.5 Å². The average Bonchev–Trinajstić information content (AvgIpc) is 2.97. The Kier molecular flexibility index (Phi) is 5.37. The largest absolute Gasteiger partial charge is 0.377 e. The monoisotopic (exact) mass is 312 g/mol. The van der Waals surface area contributed by atoms with Gasteiger partial charge in [-0.2, -0.15) is 4.31 Å². The molecule has 1 saturated heterocycles. The van der Waals surface area contributed by atoms with Crippen molar-refractivity contribution < 1.29 is 13.2 Å². The minimum absolute atomic E-state index is 0.0170. The first kappa shape index (κ1) is 16.4. The highest BCUT2D eigenvalue weighted by Gasteiger charge is 2.28. The molecule has 0 aromatic heterocycles. The zero-order chi connectivity index (χ0) is 15.5. The summed E-state index contributed by atoms with van der Waals surface area (Å²) >= 11 is 0. The van der Waals surface area contributed by atoms with Crippen LogP contribution in [0.2, 0.25) is 0 Å². The lowest BCUT2D eigenvalue weighted by Gasteiger charge is -2.24. The molecule has 2 N–H and O–H groups in total. The fourth-order valence-electron chi connectivity index (χ4n) is 2.68. The Morgan fingerprint density at radius 1 is 1.43 bits per heavy atom. The first-order valence-corrected chi connectivity index (χ1v) is 8.84. The maximum atomic E-state index is 12.8. The first-order chi connectivity index (χ1) is 9.98. The van der Waals surface area contributed by atoms with E-state index in [0.717, 1.165) is 30.6 Å². The van der Waals surface area contributed by atoms with E-state index >= 15 is 0 Å². The van der Waals surface area contributed by atoms with E-state index in [1.165, 1.54) is 4.31 Å². The molecule has 0 aliphatic carbocycles. The van der Waals surface area contributed by atoms with Gasteiger partial charge >= 0.3 is 0 Å². The van der Waals surface area contributed by atoms with Crippen LogP contribution in [0.4, 0.5) is 0 Å². The molecule has 2 rings (SSSR count). The Morgan fingerprint density at radius 2 is 2.19 bits per heavy atom. The van der Waals surface area contributed by atoms with Crippen molar-refractivity contribution in [3.63, 3.8) is 0 Å². The Labute approximate surface area is 127 Å². The van der Waals surface area contributed by atoms with Gasteiger partial charge in [0.25, 0.3) is 0 Å². The maximum Gasteiger partial charge on any atom is 0.243 e. The van der Waals surface area contributed by atoms with Crippen LogP contribution in [0.5, 0.6) is 0 Å². The molecule has 6 heteroatoms. The Bertz CT molecular complexity index is 581. The van der Waals surface area contributed by atoms with Gasteiger partial charge in [0.2, 0.25) is 10.0 Å². The molecule has 1 fully saturated rings. The van der Waals surface area contributed by atoms with Crippen molar-refractivity contribution in [2.45, 2.75) is 44.2 Å². The van der Waals surface area contributed by atoms with Gasteiger partial charge in [-0.3, -0.25) is 0 Å². The van der Waals surface area contributed by atoms with E-state index in [1.54, 1.807) is 12.1 Å². The molecule has 0 spiro atoms. The molecule has 1 aliphatic heterocycles. The second-order valence-corrected chi connectivity index (χ2v) is 7.30. The smallest absolute Gasteiger partial charge is 0.243 e. The summed E-state index contributed by atoms with van der Waals surface area (Å²) in [4.78, 5) is 0.361. The molecular weight excluding hydrogens is 288 g/mol. The molecule has 5 nitrogen and oxygen atoms in total. The van der Waals surface area contributed by atoms with Crippen LogP contribution < -0.4 is 5.73 Å². The summed E-state index contributed by atoms with van der Waals surface area (Å²) in [7, 11) is -3.48. The van der Waals surface area contributed by atoms with Crippen molar-refractivity contribution in [2.75, 3.05) is 19.7 Å². The van der Waals surface area contributed by atoms with Gasteiger partial charge in [0.1, 0.15) is 0 Å². The fourth-order valence-corrected chi connectivity index (χ4v) is 4.37. The lowest BCUT2D eigenvalue weighted by atomic mass is 10.1. The van der Waals surface area contributed by atoms with Crippen LogP contribution in [0.15, 0.2) is 23.1 Å². The van der Waals surface area contributed by atoms with Crippen molar-refractivity contribution in [1.82, 2.24) is 4.31 Å². The van der Waals surface area contributed by atoms with Crippen molar-refractivity contribution in [2.24, 2.45) is 5.73 Å². The zero-order valence-electron chi connectivity index (χ0n) is 12.7. The molecule has 118 valence electrons. The minimum atomic E-state index is -3.48. The third-order valence-electron chi connectivity index (χ3n) is 3.88. The molecular formula is C15H24N2O3S. The van der Waals surface area contributed by atoms with E-state index in [-0.39, 0.29) is 6.10 Å². The van der Waals surface area contributed by atoms with Gasteiger partial charge in [0.05, 0.1) is 11.0 Å². The second kappa shape index (κ2) is 6.87. The van der Waals surface area contributed by atoms with Crippen molar-refractivity contribution >= 4 is 10.0 Å². The van der Waals surface area contributed by atoms with Crippen molar-refractivity contribution in [1.29, 1.82) is 0 Å². The number of rotatable bonds is 6. The summed E-state index contributed by atoms with van der Waals surface area (Å²) in [5, 5.41) is 0. The second-order valence-electron chi connectivity index (χ2n) is 5.39. The number of aryl methyl sites for hydroxylation is 1. The van der Waals surface area contributed by atoms with Gasteiger partial charge in [-0.15, -0.1) is 0 Å². The Balaban J connectivity index is 2.25. The summed E-state index contributed by atoms with van der Waals surface area (Å²) in [6, 6.07) is 5.28. The van der Waals surface area contributed by atoms with Crippen LogP contribution in [0.3, 0.4) is 0 Å². The number of benzene rings is 1. The lowest BCUT2D eigenvalue weighted by Crippen LogP contribution is -2.37. The number of hydrogen-bond acceptors (Lipinski definition) is 4. The number of nitrogens with zero attached hydrogens (tertiary/aromatic N) is 1. The topological polar surface area (TPSA) is 72.6 Å². The standard InChI is InChI=1S/C15H24N2O3S/c1-3-17(11-14-5-4-8-20-14)21(18,19)15-7-6-13(10-16)9-12(15)2/h6-7,9,14H,3-5,8,10-11,16H2,1-2H3. The summed E-state index contributed by atoms with van der Waals surface area (Å²) in [6.45, 7) is 5.68. The molecule has 1 unspecified atom stereocenters. The van der Waals surface area contributed by atoms with Gasteiger partial charge in [-0.25, -0.2) is 8.42 Å². The number of likely N-dealkylation sites (N-methyl/N-ethyl adjacent to an activating group) is 1. The van der Waals surface area contributed by atoms with E-state index in [0.29, 0.717) is 24.5 Å². The van der Waals surface area contributed by atoms with Crippen LogP contribution in [0.25, 0.3) is 0 Å². The van der Waals surface area contributed by atoms with Gasteiger partial charge < -0.3 is 10.5 Å². The molecule has 1 heterocycles. The van der Waals surface area contributed by atoms with E-state index < -0.39 is 10.0 Å². The van der Waals surface area contributed by atoms with Crippen LogP contribution in [0, 0.1) is 6.92 Å². The third-order valence-corrected chi connectivity index (χ3v) is 5.98. The van der Waals surface area contributed by atoms with Crippen molar-refractivity contribution in [3.8, 4) is 0 Å². The van der Waals surface area contributed by atoms with Gasteiger partial charge in [0.15, 0.2) is 0 Å². The molecule has 0 amide bonds. The summed E-state index contributed by atoms with van der Waals surface area (Å²) in [5.41, 5.74) is 7.27. The first-order valence-electron chi connectivity index (χ1n) is 7.40. The summed E-state index contributed by atoms with van der Waals surface area (Å²) < 4.78 is 32.7. The highest BCUT2D eigenvalue weighted by Crippen LogP contribution is 2.23. The third kappa shape index (κ3) is 3.63.